The first-order chi connectivity index (χ1) is 3.17. The van der Waals surface area contributed by atoms with Crippen LogP contribution in [0.5, 0.6) is 0 Å². The van der Waals surface area contributed by atoms with E-state index in [1.165, 1.54) is 0 Å². The lowest BCUT2D eigenvalue weighted by Gasteiger charge is -1.94. The first kappa shape index (κ1) is 4.85. The van der Waals surface area contributed by atoms with Crippen molar-refractivity contribution in [3.05, 3.63) is 12.7 Å². The average molecular weight is 97.2 g/mol. The number of hydrogen-bond donors (Lipinski definition) is 1. The van der Waals surface area contributed by atoms with E-state index in [1.807, 2.05) is 6.08 Å². The predicted molar refractivity (Wildman–Crippen MR) is 30.9 cm³/mol. The van der Waals surface area contributed by atoms with Gasteiger partial charge in [0.25, 0.3) is 0 Å². The van der Waals surface area contributed by atoms with Crippen molar-refractivity contribution in [3.8, 4) is 0 Å². The molecule has 0 aromatic heterocycles. The zero-order valence-electron chi connectivity index (χ0n) is 4.65. The lowest BCUT2D eigenvalue weighted by Crippen LogP contribution is -2.18. The van der Waals surface area contributed by atoms with E-state index in [2.05, 4.69) is 13.5 Å². The fourth-order valence-electron chi connectivity index (χ4n) is 0.767. The molecule has 0 bridgehead atoms. The van der Waals surface area contributed by atoms with Crippen molar-refractivity contribution in [3.63, 3.8) is 0 Å². The maximum Gasteiger partial charge on any atom is 0.0196 e. The molecule has 1 aliphatic carbocycles. The fraction of sp³-hybridized carbons (Fsp3) is 0.667. The van der Waals surface area contributed by atoms with Crippen LogP contribution in [0.4, 0.5) is 0 Å². The Hall–Kier alpha value is -0.300. The Morgan fingerprint density at radius 1 is 2.00 bits per heavy atom. The SMILES string of the molecule is C=C[C@@H]1C[C@@]1(C)N. The molecule has 1 fully saturated rings. The second kappa shape index (κ2) is 1.10. The molecule has 1 nitrogen and oxygen atoms in total. The van der Waals surface area contributed by atoms with Crippen LogP contribution in [-0.2, 0) is 0 Å². The first-order valence-corrected chi connectivity index (χ1v) is 2.58. The van der Waals surface area contributed by atoms with Gasteiger partial charge in [0.1, 0.15) is 0 Å². The molecule has 0 aromatic rings. The maximum atomic E-state index is 5.65. The van der Waals surface area contributed by atoms with E-state index < -0.39 is 0 Å². The molecule has 1 rings (SSSR count). The molecule has 0 unspecified atom stereocenters. The van der Waals surface area contributed by atoms with Crippen LogP contribution in [0, 0.1) is 5.92 Å². The molecule has 7 heavy (non-hydrogen) atoms. The largest absolute Gasteiger partial charge is 0.325 e. The maximum absolute atomic E-state index is 5.65. The molecular formula is C6H11N. The summed E-state index contributed by atoms with van der Waals surface area (Å²) in [6.07, 6.45) is 3.05. The summed E-state index contributed by atoms with van der Waals surface area (Å²) in [6.45, 7) is 5.69. The number of rotatable bonds is 1. The quantitative estimate of drug-likeness (QED) is 0.483. The summed E-state index contributed by atoms with van der Waals surface area (Å²) in [5, 5.41) is 0. The minimum atomic E-state index is 0.0990. The molecule has 0 spiro atoms. The summed E-state index contributed by atoms with van der Waals surface area (Å²) >= 11 is 0. The molecule has 0 amide bonds. The third kappa shape index (κ3) is 0.682. The molecular weight excluding hydrogens is 86.1 g/mol. The molecule has 0 heterocycles. The summed E-state index contributed by atoms with van der Waals surface area (Å²) in [5.74, 6) is 0.590. The van der Waals surface area contributed by atoms with Crippen molar-refractivity contribution >= 4 is 0 Å². The third-order valence-corrected chi connectivity index (χ3v) is 1.63. The monoisotopic (exact) mass is 97.1 g/mol. The van der Waals surface area contributed by atoms with Gasteiger partial charge in [-0.3, -0.25) is 0 Å². The standard InChI is InChI=1S/C6H11N/c1-3-5-4-6(5,2)7/h3,5H,1,4,7H2,2H3/t5-,6-/m1/s1. The van der Waals surface area contributed by atoms with Crippen molar-refractivity contribution in [2.24, 2.45) is 11.7 Å². The first-order valence-electron chi connectivity index (χ1n) is 2.58. The second-order valence-corrected chi connectivity index (χ2v) is 2.55. The zero-order valence-corrected chi connectivity index (χ0v) is 4.65. The third-order valence-electron chi connectivity index (χ3n) is 1.63. The van der Waals surface area contributed by atoms with Gasteiger partial charge in [-0.2, -0.15) is 0 Å². The van der Waals surface area contributed by atoms with Crippen LogP contribution in [0.15, 0.2) is 12.7 Å². The summed E-state index contributed by atoms with van der Waals surface area (Å²) in [6, 6.07) is 0. The normalized spacial score (nSPS) is 48.6. The topological polar surface area (TPSA) is 26.0 Å². The van der Waals surface area contributed by atoms with E-state index in [4.69, 9.17) is 5.73 Å². The molecule has 40 valence electrons. The van der Waals surface area contributed by atoms with Crippen LogP contribution in [0.3, 0.4) is 0 Å². The summed E-state index contributed by atoms with van der Waals surface area (Å²) < 4.78 is 0. The van der Waals surface area contributed by atoms with Crippen LogP contribution in [-0.4, -0.2) is 5.54 Å². The van der Waals surface area contributed by atoms with Crippen molar-refractivity contribution in [2.45, 2.75) is 18.9 Å². The van der Waals surface area contributed by atoms with Crippen molar-refractivity contribution < 1.29 is 0 Å². The van der Waals surface area contributed by atoms with Gasteiger partial charge in [0.15, 0.2) is 0 Å². The van der Waals surface area contributed by atoms with Crippen LogP contribution >= 0.6 is 0 Å². The Kier molecular flexibility index (Phi) is 0.762. The van der Waals surface area contributed by atoms with Crippen LogP contribution < -0.4 is 5.73 Å². The molecule has 0 radical (unpaired) electrons. The second-order valence-electron chi connectivity index (χ2n) is 2.55. The highest BCUT2D eigenvalue weighted by Crippen LogP contribution is 2.40. The minimum absolute atomic E-state index is 0.0990. The highest BCUT2D eigenvalue weighted by molar-refractivity contribution is 5.11. The molecule has 2 atom stereocenters. The zero-order chi connectivity index (χ0) is 5.49. The highest BCUT2D eigenvalue weighted by Gasteiger charge is 2.43. The van der Waals surface area contributed by atoms with E-state index >= 15 is 0 Å². The molecule has 1 aliphatic rings. The van der Waals surface area contributed by atoms with E-state index in [1.54, 1.807) is 0 Å². The van der Waals surface area contributed by atoms with Crippen molar-refractivity contribution in [2.75, 3.05) is 0 Å². The van der Waals surface area contributed by atoms with Crippen LogP contribution in [0.2, 0.25) is 0 Å². The van der Waals surface area contributed by atoms with Gasteiger partial charge in [-0.15, -0.1) is 6.58 Å². The van der Waals surface area contributed by atoms with Gasteiger partial charge in [0, 0.05) is 5.54 Å². The van der Waals surface area contributed by atoms with E-state index in [-0.39, 0.29) is 5.54 Å². The number of hydrogen-bond acceptors (Lipinski definition) is 1. The van der Waals surface area contributed by atoms with Crippen molar-refractivity contribution in [1.82, 2.24) is 0 Å². The van der Waals surface area contributed by atoms with Gasteiger partial charge in [-0.25, -0.2) is 0 Å². The Labute approximate surface area is 44.2 Å². The van der Waals surface area contributed by atoms with Gasteiger partial charge < -0.3 is 5.73 Å². The van der Waals surface area contributed by atoms with Gasteiger partial charge >= 0.3 is 0 Å². The van der Waals surface area contributed by atoms with Crippen molar-refractivity contribution in [1.29, 1.82) is 0 Å². The van der Waals surface area contributed by atoms with Gasteiger partial charge in [-0.1, -0.05) is 6.08 Å². The van der Waals surface area contributed by atoms with Crippen LogP contribution in [0.25, 0.3) is 0 Å². The lowest BCUT2D eigenvalue weighted by molar-refractivity contribution is 0.717. The smallest absolute Gasteiger partial charge is 0.0196 e. The van der Waals surface area contributed by atoms with Gasteiger partial charge in [-0.05, 0) is 19.3 Å². The Morgan fingerprint density at radius 3 is 2.43 bits per heavy atom. The average Bonchev–Trinajstić information content (AvgIpc) is 2.13. The molecule has 2 N–H and O–H groups in total. The highest BCUT2D eigenvalue weighted by atomic mass is 14.8. The summed E-state index contributed by atoms with van der Waals surface area (Å²) in [4.78, 5) is 0. The predicted octanol–water partition coefficient (Wildman–Crippen LogP) is 0.910. The van der Waals surface area contributed by atoms with Gasteiger partial charge in [0.2, 0.25) is 0 Å². The lowest BCUT2D eigenvalue weighted by atomic mass is 10.2. The van der Waals surface area contributed by atoms with E-state index in [0.717, 1.165) is 6.42 Å². The molecule has 1 saturated carbocycles. The summed E-state index contributed by atoms with van der Waals surface area (Å²) in [7, 11) is 0. The summed E-state index contributed by atoms with van der Waals surface area (Å²) in [5.41, 5.74) is 5.75. The fourth-order valence-corrected chi connectivity index (χ4v) is 0.767. The minimum Gasteiger partial charge on any atom is -0.325 e. The molecule has 0 saturated heterocycles. The van der Waals surface area contributed by atoms with Gasteiger partial charge in [0.05, 0.1) is 0 Å². The number of nitrogens with two attached hydrogens (primary N) is 1. The molecule has 0 aromatic carbocycles. The Morgan fingerprint density at radius 2 is 2.43 bits per heavy atom. The Bertz CT molecular complexity index is 94.4. The Balaban J connectivity index is 2.44. The molecule has 1 heteroatoms. The van der Waals surface area contributed by atoms with Crippen LogP contribution in [0.1, 0.15) is 13.3 Å². The molecule has 0 aliphatic heterocycles. The van der Waals surface area contributed by atoms with E-state index in [0.29, 0.717) is 5.92 Å². The van der Waals surface area contributed by atoms with E-state index in [9.17, 15) is 0 Å².